The van der Waals surface area contributed by atoms with E-state index in [0.29, 0.717) is 0 Å². The second-order valence-corrected chi connectivity index (χ2v) is 7.20. The number of hydrogen-bond donors (Lipinski definition) is 2. The number of hydrogen-bond acceptors (Lipinski definition) is 4. The van der Waals surface area contributed by atoms with Crippen LogP contribution in [-0.4, -0.2) is 35.0 Å². The fourth-order valence-corrected chi connectivity index (χ4v) is 3.86. The Hall–Kier alpha value is -2.05. The Bertz CT molecular complexity index is 835. The van der Waals surface area contributed by atoms with Crippen molar-refractivity contribution in [2.45, 2.75) is 58.9 Å². The summed E-state index contributed by atoms with van der Waals surface area (Å²) in [6.07, 6.45) is 8.63. The largest absolute Gasteiger partial charge is 0.326 e. The lowest BCUT2D eigenvalue weighted by atomic mass is 9.97. The van der Waals surface area contributed by atoms with Crippen LogP contribution in [0.3, 0.4) is 0 Å². The van der Waals surface area contributed by atoms with Gasteiger partial charge in [0.25, 0.3) is 0 Å². The number of nitrogens with zero attached hydrogens (tertiary/aromatic N) is 2. The molecule has 1 aromatic carbocycles. The van der Waals surface area contributed by atoms with E-state index in [-0.39, 0.29) is 11.8 Å². The third-order valence-corrected chi connectivity index (χ3v) is 5.37. The van der Waals surface area contributed by atoms with E-state index in [1.807, 2.05) is 62.9 Å². The van der Waals surface area contributed by atoms with Gasteiger partial charge in [0.05, 0.1) is 11.2 Å². The van der Waals surface area contributed by atoms with Gasteiger partial charge in [-0.05, 0) is 62.9 Å². The monoisotopic (exact) mass is 430 g/mol. The van der Waals surface area contributed by atoms with Gasteiger partial charge in [-0.15, -0.1) is 11.8 Å². The summed E-state index contributed by atoms with van der Waals surface area (Å²) in [5.41, 5.74) is 2.76. The van der Waals surface area contributed by atoms with Crippen molar-refractivity contribution in [3.63, 3.8) is 0 Å². The van der Waals surface area contributed by atoms with Crippen LogP contribution in [0.4, 0.5) is 5.69 Å². The van der Waals surface area contributed by atoms with Crippen molar-refractivity contribution in [2.24, 2.45) is 5.92 Å². The molecule has 166 valence electrons. The number of piperidine rings is 1. The molecule has 5 nitrogen and oxygen atoms in total. The fourth-order valence-electron chi connectivity index (χ4n) is 3.31. The lowest BCUT2D eigenvalue weighted by molar-refractivity contribution is -0.120. The molecule has 30 heavy (non-hydrogen) atoms. The summed E-state index contributed by atoms with van der Waals surface area (Å²) >= 11 is 1.62. The summed E-state index contributed by atoms with van der Waals surface area (Å²) in [6.45, 7) is 15.8. The molecule has 1 saturated heterocycles. The molecule has 1 aliphatic rings. The molecule has 0 saturated carbocycles. The molecule has 2 N–H and O–H groups in total. The molecular formula is C24H38N4OS. The number of carbonyl (C=O) groups excluding carboxylic acids is 1. The van der Waals surface area contributed by atoms with Gasteiger partial charge in [-0.3, -0.25) is 4.79 Å². The van der Waals surface area contributed by atoms with Crippen LogP contribution in [0, 0.1) is 5.92 Å². The van der Waals surface area contributed by atoms with E-state index >= 15 is 0 Å². The number of carbonyl (C=O) groups is 1. The molecule has 1 fully saturated rings. The summed E-state index contributed by atoms with van der Waals surface area (Å²) in [4.78, 5) is 12.5. The minimum atomic E-state index is 0.0855. The number of anilines is 1. The Morgan fingerprint density at radius 1 is 1.30 bits per heavy atom. The summed E-state index contributed by atoms with van der Waals surface area (Å²) < 4.78 is 1.91. The van der Waals surface area contributed by atoms with E-state index in [2.05, 4.69) is 30.2 Å². The van der Waals surface area contributed by atoms with Crippen LogP contribution in [0.1, 0.15) is 53.9 Å². The number of amides is 1. The minimum Gasteiger partial charge on any atom is -0.326 e. The first kappa shape index (κ1) is 26.0. The smallest absolute Gasteiger partial charge is 0.227 e. The summed E-state index contributed by atoms with van der Waals surface area (Å²) in [6, 6.07) is 6.01. The Balaban J connectivity index is 0.00000106. The average molecular weight is 431 g/mol. The fraction of sp³-hybridized carbons (Fsp3) is 0.500. The first-order valence-electron chi connectivity index (χ1n) is 11.1. The van der Waals surface area contributed by atoms with Crippen LogP contribution in [0.15, 0.2) is 42.0 Å². The summed E-state index contributed by atoms with van der Waals surface area (Å²) in [5.74, 6) is 0.192. The Morgan fingerprint density at radius 2 is 1.97 bits per heavy atom. The number of fused-ring (bicyclic) bond motifs is 1. The molecule has 0 radical (unpaired) electrons. The van der Waals surface area contributed by atoms with E-state index in [1.165, 1.54) is 0 Å². The van der Waals surface area contributed by atoms with Crippen molar-refractivity contribution in [1.29, 1.82) is 0 Å². The summed E-state index contributed by atoms with van der Waals surface area (Å²) in [7, 11) is 0. The molecule has 0 atom stereocenters. The maximum absolute atomic E-state index is 12.5. The van der Waals surface area contributed by atoms with Gasteiger partial charge in [0, 0.05) is 17.0 Å². The van der Waals surface area contributed by atoms with E-state index in [4.69, 9.17) is 5.10 Å². The third kappa shape index (κ3) is 6.47. The van der Waals surface area contributed by atoms with E-state index in [9.17, 15) is 4.79 Å². The van der Waals surface area contributed by atoms with E-state index in [0.717, 1.165) is 59.7 Å². The number of rotatable bonds is 6. The number of thioether (sulfide) groups is 1. The number of aromatic nitrogens is 2. The van der Waals surface area contributed by atoms with E-state index < -0.39 is 0 Å². The van der Waals surface area contributed by atoms with Crippen molar-refractivity contribution >= 4 is 40.0 Å². The quantitative estimate of drug-likeness (QED) is 0.424. The average Bonchev–Trinajstić information content (AvgIpc) is 3.18. The van der Waals surface area contributed by atoms with Crippen LogP contribution in [0.5, 0.6) is 0 Å². The van der Waals surface area contributed by atoms with Gasteiger partial charge in [0.2, 0.25) is 5.91 Å². The highest BCUT2D eigenvalue weighted by Gasteiger charge is 2.21. The van der Waals surface area contributed by atoms with Crippen LogP contribution < -0.4 is 10.6 Å². The molecule has 1 aromatic heterocycles. The second-order valence-electron chi connectivity index (χ2n) is 6.41. The zero-order valence-electron chi connectivity index (χ0n) is 19.4. The van der Waals surface area contributed by atoms with Crippen molar-refractivity contribution in [1.82, 2.24) is 15.1 Å². The normalized spacial score (nSPS) is 14.3. The van der Waals surface area contributed by atoms with Crippen molar-refractivity contribution in [2.75, 3.05) is 24.7 Å². The number of allylic oxidation sites excluding steroid dienone is 3. The van der Waals surface area contributed by atoms with Gasteiger partial charge >= 0.3 is 0 Å². The molecular weight excluding hydrogens is 392 g/mol. The predicted octanol–water partition coefficient (Wildman–Crippen LogP) is 6.19. The summed E-state index contributed by atoms with van der Waals surface area (Å²) in [5, 5.41) is 13.2. The molecule has 0 bridgehead atoms. The molecule has 2 aromatic rings. The van der Waals surface area contributed by atoms with Gasteiger partial charge in [0.1, 0.15) is 5.03 Å². The van der Waals surface area contributed by atoms with Crippen molar-refractivity contribution in [3.8, 4) is 0 Å². The maximum atomic E-state index is 12.5. The number of nitrogens with one attached hydrogen (secondary N) is 2. The highest BCUT2D eigenvalue weighted by molar-refractivity contribution is 7.98. The molecule has 6 heteroatoms. The van der Waals surface area contributed by atoms with Crippen LogP contribution in [0.2, 0.25) is 0 Å². The Kier molecular flexibility index (Phi) is 12.2. The first-order valence-corrected chi connectivity index (χ1v) is 12.3. The first-order chi connectivity index (χ1) is 14.7. The highest BCUT2D eigenvalue weighted by Crippen LogP contribution is 2.30. The lowest BCUT2D eigenvalue weighted by Crippen LogP contribution is -2.34. The van der Waals surface area contributed by atoms with Crippen LogP contribution >= 0.6 is 11.8 Å². The number of benzene rings is 1. The molecule has 3 rings (SSSR count). The maximum Gasteiger partial charge on any atom is 0.227 e. The molecule has 1 aliphatic heterocycles. The third-order valence-electron chi connectivity index (χ3n) is 4.68. The van der Waals surface area contributed by atoms with Gasteiger partial charge < -0.3 is 10.6 Å². The standard InChI is InChI=1S/C20H26N4OS.2C2H6/c1-4-6-16(5-2)24-18-13-15(7-8-17(18)20(23-24)26-3)22-19(25)14-9-11-21-12-10-14;2*1-2/h5-8,13-14,21H,2,4,9-12H2,1,3H3,(H,22,25);2*1-2H3/b16-6+;;. The minimum absolute atomic E-state index is 0.0855. The zero-order chi connectivity index (χ0) is 22.5. The molecule has 0 unspecified atom stereocenters. The van der Waals surface area contributed by atoms with Crippen molar-refractivity contribution in [3.05, 3.63) is 36.9 Å². The van der Waals surface area contributed by atoms with Gasteiger partial charge in [0.15, 0.2) is 0 Å². The Labute approximate surface area is 186 Å². The van der Waals surface area contributed by atoms with Crippen LogP contribution in [-0.2, 0) is 4.79 Å². The van der Waals surface area contributed by atoms with Crippen LogP contribution in [0.25, 0.3) is 16.6 Å². The zero-order valence-corrected chi connectivity index (χ0v) is 20.2. The lowest BCUT2D eigenvalue weighted by Gasteiger charge is -2.21. The van der Waals surface area contributed by atoms with Gasteiger partial charge in [-0.1, -0.05) is 47.3 Å². The molecule has 0 spiro atoms. The topological polar surface area (TPSA) is 59.0 Å². The van der Waals surface area contributed by atoms with Gasteiger partial charge in [-0.25, -0.2) is 4.68 Å². The Morgan fingerprint density at radius 3 is 2.53 bits per heavy atom. The molecule has 0 aliphatic carbocycles. The second kappa shape index (κ2) is 14.0. The van der Waals surface area contributed by atoms with Gasteiger partial charge in [-0.2, -0.15) is 5.10 Å². The highest BCUT2D eigenvalue weighted by atomic mass is 32.2. The SMILES string of the molecule is C=C/C(=C\CC)n1nc(SC)c2ccc(NC(=O)C3CCNCC3)cc21.CC.CC. The molecule has 1 amide bonds. The van der Waals surface area contributed by atoms with E-state index in [1.54, 1.807) is 11.8 Å². The predicted molar refractivity (Wildman–Crippen MR) is 133 cm³/mol. The van der Waals surface area contributed by atoms with Crippen molar-refractivity contribution < 1.29 is 4.79 Å². The molecule has 2 heterocycles.